The van der Waals surface area contributed by atoms with Crippen molar-refractivity contribution in [1.82, 2.24) is 9.78 Å². The number of aromatic nitrogens is 2. The summed E-state index contributed by atoms with van der Waals surface area (Å²) in [7, 11) is 0. The zero-order valence-electron chi connectivity index (χ0n) is 16.8. The topological polar surface area (TPSA) is 68.3 Å². The van der Waals surface area contributed by atoms with Crippen LogP contribution in [-0.4, -0.2) is 22.2 Å². The van der Waals surface area contributed by atoms with Crippen molar-refractivity contribution in [3.8, 4) is 0 Å². The van der Waals surface area contributed by atoms with Crippen LogP contribution in [0.1, 0.15) is 24.5 Å². The Balaban J connectivity index is 1.78. The van der Waals surface area contributed by atoms with E-state index in [1.54, 1.807) is 15.6 Å². The molecule has 4 rings (SSSR count). The van der Waals surface area contributed by atoms with Gasteiger partial charge in [0.2, 0.25) is 5.91 Å². The fourth-order valence-electron chi connectivity index (χ4n) is 3.64. The Morgan fingerprint density at radius 1 is 1.10 bits per heavy atom. The summed E-state index contributed by atoms with van der Waals surface area (Å²) in [6.07, 6.45) is 2.32. The van der Waals surface area contributed by atoms with Gasteiger partial charge in [0.25, 0.3) is 0 Å². The van der Waals surface area contributed by atoms with E-state index in [0.29, 0.717) is 23.0 Å². The molecule has 0 radical (unpaired) electrons. The quantitative estimate of drug-likeness (QED) is 0.480. The molecule has 0 saturated carbocycles. The third-order valence-corrected chi connectivity index (χ3v) is 5.00. The van der Waals surface area contributed by atoms with Gasteiger partial charge in [-0.15, -0.1) is 0 Å². The summed E-state index contributed by atoms with van der Waals surface area (Å²) >= 11 is 0. The minimum Gasteiger partial charge on any atom is -0.422 e. The van der Waals surface area contributed by atoms with Gasteiger partial charge in [-0.2, -0.15) is 5.10 Å². The van der Waals surface area contributed by atoms with Crippen molar-refractivity contribution in [3.63, 3.8) is 0 Å². The molecule has 6 nitrogen and oxygen atoms in total. The molecule has 4 aromatic rings. The summed E-state index contributed by atoms with van der Waals surface area (Å²) in [4.78, 5) is 27.3. The molecule has 0 aliphatic heterocycles. The maximum atomic E-state index is 13.2. The summed E-state index contributed by atoms with van der Waals surface area (Å²) in [5, 5.41) is 5.50. The van der Waals surface area contributed by atoms with Gasteiger partial charge >= 0.3 is 5.63 Å². The number of hydrogen-bond donors (Lipinski definition) is 0. The molecule has 0 fully saturated rings. The van der Waals surface area contributed by atoms with Crippen molar-refractivity contribution in [1.29, 1.82) is 0 Å². The van der Waals surface area contributed by atoms with Crippen molar-refractivity contribution in [2.24, 2.45) is 0 Å². The molecular weight excluding hydrogens is 366 g/mol. The number of carbonyl (C=O) groups is 1. The van der Waals surface area contributed by atoms with Crippen molar-refractivity contribution in [2.75, 3.05) is 11.4 Å². The Morgan fingerprint density at radius 3 is 2.66 bits per heavy atom. The highest BCUT2D eigenvalue weighted by Crippen LogP contribution is 2.24. The molecule has 6 heteroatoms. The van der Waals surface area contributed by atoms with Gasteiger partial charge in [-0.05, 0) is 50.1 Å². The van der Waals surface area contributed by atoms with E-state index >= 15 is 0 Å². The SMILES string of the molecule is CCCN(C(=O)Cn1ncc2c(=O)oc3ccc(C)cc3c21)c1cccc(C)c1. The fraction of sp³-hybridized carbons (Fsp3) is 0.261. The van der Waals surface area contributed by atoms with Crippen molar-refractivity contribution in [3.05, 3.63) is 70.2 Å². The van der Waals surface area contributed by atoms with E-state index in [2.05, 4.69) is 5.10 Å². The average Bonchev–Trinajstić information content (AvgIpc) is 3.11. The molecule has 2 aromatic carbocycles. The molecule has 0 atom stereocenters. The van der Waals surface area contributed by atoms with Crippen LogP contribution < -0.4 is 10.5 Å². The molecule has 2 heterocycles. The molecule has 29 heavy (non-hydrogen) atoms. The van der Waals surface area contributed by atoms with Crippen LogP contribution in [0.4, 0.5) is 5.69 Å². The lowest BCUT2D eigenvalue weighted by molar-refractivity contribution is -0.119. The van der Waals surface area contributed by atoms with E-state index in [4.69, 9.17) is 4.42 Å². The van der Waals surface area contributed by atoms with Gasteiger partial charge in [0.1, 0.15) is 17.5 Å². The van der Waals surface area contributed by atoms with E-state index in [1.165, 1.54) is 6.20 Å². The number of fused-ring (bicyclic) bond motifs is 3. The lowest BCUT2D eigenvalue weighted by Crippen LogP contribution is -2.34. The van der Waals surface area contributed by atoms with Crippen molar-refractivity contribution < 1.29 is 9.21 Å². The molecule has 2 aromatic heterocycles. The van der Waals surface area contributed by atoms with Gasteiger partial charge in [0.05, 0.1) is 11.7 Å². The minimum absolute atomic E-state index is 0.0456. The lowest BCUT2D eigenvalue weighted by Gasteiger charge is -2.23. The number of anilines is 1. The van der Waals surface area contributed by atoms with Crippen molar-refractivity contribution in [2.45, 2.75) is 33.7 Å². The normalized spacial score (nSPS) is 11.3. The average molecular weight is 389 g/mol. The third kappa shape index (κ3) is 3.53. The molecule has 0 spiro atoms. The van der Waals surface area contributed by atoms with Crippen LogP contribution in [0.25, 0.3) is 21.9 Å². The molecule has 1 amide bonds. The Morgan fingerprint density at radius 2 is 1.90 bits per heavy atom. The van der Waals surface area contributed by atoms with Crippen LogP contribution in [0.2, 0.25) is 0 Å². The van der Waals surface area contributed by atoms with Gasteiger partial charge in [-0.25, -0.2) is 4.79 Å². The van der Waals surface area contributed by atoms with E-state index in [-0.39, 0.29) is 12.5 Å². The molecule has 0 bridgehead atoms. The molecule has 0 N–H and O–H groups in total. The standard InChI is InChI=1S/C23H23N3O3/c1-4-10-25(17-7-5-6-15(2)11-17)21(27)14-26-22-18-12-16(3)8-9-20(18)29-23(28)19(22)13-24-26/h5-9,11-13H,4,10,14H2,1-3H3. The molecule has 148 valence electrons. The summed E-state index contributed by atoms with van der Waals surface area (Å²) in [5.74, 6) is -0.0727. The third-order valence-electron chi connectivity index (χ3n) is 5.00. The molecule has 0 saturated heterocycles. The molecule has 0 aliphatic carbocycles. The number of hydrogen-bond acceptors (Lipinski definition) is 4. The van der Waals surface area contributed by atoms with Gasteiger partial charge in [-0.3, -0.25) is 9.48 Å². The van der Waals surface area contributed by atoms with Crippen LogP contribution in [0.5, 0.6) is 0 Å². The highest BCUT2D eigenvalue weighted by atomic mass is 16.4. The van der Waals surface area contributed by atoms with Crippen LogP contribution >= 0.6 is 0 Å². The van der Waals surface area contributed by atoms with Crippen LogP contribution in [0.15, 0.2) is 57.9 Å². The number of amides is 1. The van der Waals surface area contributed by atoms with Crippen molar-refractivity contribution >= 4 is 33.5 Å². The number of rotatable bonds is 5. The lowest BCUT2D eigenvalue weighted by atomic mass is 10.1. The van der Waals surface area contributed by atoms with Gasteiger partial charge in [-0.1, -0.05) is 30.7 Å². The second-order valence-electron chi connectivity index (χ2n) is 7.34. The summed E-state index contributed by atoms with van der Waals surface area (Å²) < 4.78 is 7.02. The second kappa shape index (κ2) is 7.54. The monoisotopic (exact) mass is 389 g/mol. The zero-order valence-corrected chi connectivity index (χ0v) is 16.8. The first-order valence-corrected chi connectivity index (χ1v) is 9.74. The van der Waals surface area contributed by atoms with Crippen LogP contribution in [-0.2, 0) is 11.3 Å². The summed E-state index contributed by atoms with van der Waals surface area (Å²) in [6, 6.07) is 13.5. The Hall–Kier alpha value is -3.41. The summed E-state index contributed by atoms with van der Waals surface area (Å²) in [5.41, 5.74) is 3.69. The minimum atomic E-state index is -0.445. The summed E-state index contributed by atoms with van der Waals surface area (Å²) in [6.45, 7) is 6.68. The highest BCUT2D eigenvalue weighted by molar-refractivity contribution is 6.03. The first-order valence-electron chi connectivity index (χ1n) is 9.74. The maximum absolute atomic E-state index is 13.2. The first-order chi connectivity index (χ1) is 14.0. The Bertz CT molecular complexity index is 1270. The van der Waals surface area contributed by atoms with Gasteiger partial charge in [0.15, 0.2) is 0 Å². The van der Waals surface area contributed by atoms with Crippen LogP contribution in [0.3, 0.4) is 0 Å². The molecular formula is C23H23N3O3. The predicted octanol–water partition coefficient (Wildman–Crippen LogP) is 4.20. The number of aryl methyl sites for hydroxylation is 2. The Kier molecular flexibility index (Phi) is 4.92. The van der Waals surface area contributed by atoms with Crippen LogP contribution in [0, 0.1) is 13.8 Å². The van der Waals surface area contributed by atoms with E-state index in [0.717, 1.165) is 28.6 Å². The number of benzene rings is 2. The fourth-order valence-corrected chi connectivity index (χ4v) is 3.64. The maximum Gasteiger partial charge on any atom is 0.347 e. The first kappa shape index (κ1) is 18.9. The largest absolute Gasteiger partial charge is 0.422 e. The molecule has 0 aliphatic rings. The van der Waals surface area contributed by atoms with E-state index in [9.17, 15) is 9.59 Å². The number of carbonyl (C=O) groups excluding carboxylic acids is 1. The zero-order chi connectivity index (χ0) is 20.5. The highest BCUT2D eigenvalue weighted by Gasteiger charge is 2.19. The molecule has 0 unspecified atom stereocenters. The van der Waals surface area contributed by atoms with E-state index in [1.807, 2.05) is 57.2 Å². The van der Waals surface area contributed by atoms with E-state index < -0.39 is 5.63 Å². The second-order valence-corrected chi connectivity index (χ2v) is 7.34. The Labute approximate surface area is 168 Å². The van der Waals surface area contributed by atoms with Gasteiger partial charge < -0.3 is 9.32 Å². The van der Waals surface area contributed by atoms with Gasteiger partial charge in [0, 0.05) is 17.6 Å². The number of nitrogens with zero attached hydrogens (tertiary/aromatic N) is 3. The predicted molar refractivity (Wildman–Crippen MR) is 114 cm³/mol. The smallest absolute Gasteiger partial charge is 0.347 e.